The van der Waals surface area contributed by atoms with Crippen molar-refractivity contribution in [2.75, 3.05) is 36.9 Å². The molecule has 3 aromatic heterocycles. The highest BCUT2D eigenvalue weighted by Gasteiger charge is 2.29. The van der Waals surface area contributed by atoms with Gasteiger partial charge in [0.15, 0.2) is 5.65 Å². The van der Waals surface area contributed by atoms with E-state index in [-0.39, 0.29) is 18.6 Å². The highest BCUT2D eigenvalue weighted by atomic mass is 32.1. The second-order valence-corrected chi connectivity index (χ2v) is 7.23. The Balaban J connectivity index is 1.57. The third kappa shape index (κ3) is 3.30. The molecule has 0 radical (unpaired) electrons. The molecule has 1 fully saturated rings. The Kier molecular flexibility index (Phi) is 4.51. The van der Waals surface area contributed by atoms with Crippen LogP contribution in [0.15, 0.2) is 23.7 Å². The third-order valence-electron chi connectivity index (χ3n) is 4.61. The predicted octanol–water partition coefficient (Wildman–Crippen LogP) is 1.07. The number of rotatable bonds is 5. The van der Waals surface area contributed by atoms with Gasteiger partial charge in [0.1, 0.15) is 5.82 Å². The van der Waals surface area contributed by atoms with Crippen molar-refractivity contribution in [2.45, 2.75) is 19.0 Å². The molecule has 0 amide bonds. The molecule has 1 aliphatic heterocycles. The Labute approximate surface area is 149 Å². The number of fused-ring (bicyclic) bond motifs is 1. The summed E-state index contributed by atoms with van der Waals surface area (Å²) in [5, 5.41) is 19.4. The number of hydrogen-bond acceptors (Lipinski definition) is 8. The summed E-state index contributed by atoms with van der Waals surface area (Å²) in [6.45, 7) is 3.65. The number of nitrogen functional groups attached to an aromatic ring is 1. The Morgan fingerprint density at radius 1 is 1.36 bits per heavy atom. The Hall–Kier alpha value is -2.23. The fourth-order valence-electron chi connectivity index (χ4n) is 3.40. The number of thiophene rings is 1. The maximum absolute atomic E-state index is 9.50. The van der Waals surface area contributed by atoms with Crippen LogP contribution in [0.5, 0.6) is 0 Å². The van der Waals surface area contributed by atoms with Crippen molar-refractivity contribution in [1.29, 1.82) is 0 Å². The molecule has 0 bridgehead atoms. The summed E-state index contributed by atoms with van der Waals surface area (Å²) in [6, 6.07) is 4.50. The lowest BCUT2D eigenvalue weighted by Gasteiger charge is -2.41. The quantitative estimate of drug-likeness (QED) is 0.625. The lowest BCUT2D eigenvalue weighted by atomic mass is 10.1. The molecular weight excluding hydrogens is 338 g/mol. The number of H-pyrrole nitrogens is 1. The molecule has 1 saturated heterocycles. The number of anilines is 2. The van der Waals surface area contributed by atoms with Crippen molar-refractivity contribution >= 4 is 34.1 Å². The summed E-state index contributed by atoms with van der Waals surface area (Å²) in [4.78, 5) is 14.6. The van der Waals surface area contributed by atoms with Gasteiger partial charge < -0.3 is 15.7 Å². The van der Waals surface area contributed by atoms with Crippen LogP contribution < -0.4 is 10.6 Å². The van der Waals surface area contributed by atoms with E-state index < -0.39 is 0 Å². The second kappa shape index (κ2) is 6.95. The van der Waals surface area contributed by atoms with E-state index in [4.69, 9.17) is 5.73 Å². The van der Waals surface area contributed by atoms with Gasteiger partial charge in [-0.25, -0.2) is 0 Å². The van der Waals surface area contributed by atoms with E-state index >= 15 is 0 Å². The van der Waals surface area contributed by atoms with E-state index in [9.17, 15) is 5.11 Å². The lowest BCUT2D eigenvalue weighted by molar-refractivity contribution is 0.136. The van der Waals surface area contributed by atoms with Gasteiger partial charge in [0.05, 0.1) is 11.6 Å². The summed E-state index contributed by atoms with van der Waals surface area (Å²) < 4.78 is 0. The van der Waals surface area contributed by atoms with Gasteiger partial charge >= 0.3 is 0 Å². The smallest absolute Gasteiger partial charge is 0.224 e. The molecule has 25 heavy (non-hydrogen) atoms. The first-order valence-electron chi connectivity index (χ1n) is 8.33. The molecular formula is C16H21N7OS. The van der Waals surface area contributed by atoms with Crippen molar-refractivity contribution in [1.82, 2.24) is 25.1 Å². The van der Waals surface area contributed by atoms with Crippen molar-refractivity contribution < 1.29 is 5.11 Å². The molecule has 4 N–H and O–H groups in total. The maximum Gasteiger partial charge on any atom is 0.224 e. The van der Waals surface area contributed by atoms with Gasteiger partial charge in [-0.1, -0.05) is 6.07 Å². The molecule has 0 unspecified atom stereocenters. The van der Waals surface area contributed by atoms with Crippen molar-refractivity contribution in [3.63, 3.8) is 0 Å². The van der Waals surface area contributed by atoms with Gasteiger partial charge in [0.2, 0.25) is 5.95 Å². The van der Waals surface area contributed by atoms with E-state index in [0.717, 1.165) is 43.8 Å². The van der Waals surface area contributed by atoms with Crippen LogP contribution in [0.2, 0.25) is 0 Å². The van der Waals surface area contributed by atoms with Crippen molar-refractivity contribution in [3.8, 4) is 0 Å². The first-order valence-corrected chi connectivity index (χ1v) is 9.21. The van der Waals surface area contributed by atoms with Crippen LogP contribution in [0.25, 0.3) is 11.0 Å². The third-order valence-corrected chi connectivity index (χ3v) is 5.47. The van der Waals surface area contributed by atoms with Crippen LogP contribution in [-0.2, 0) is 6.54 Å². The molecule has 0 aliphatic carbocycles. The van der Waals surface area contributed by atoms with Crippen molar-refractivity contribution in [2.24, 2.45) is 0 Å². The molecule has 8 nitrogen and oxygen atoms in total. The number of nitrogens with zero attached hydrogens (tertiary/aromatic N) is 5. The minimum Gasteiger partial charge on any atom is -0.396 e. The van der Waals surface area contributed by atoms with Gasteiger partial charge in [0.25, 0.3) is 0 Å². The van der Waals surface area contributed by atoms with Crippen LogP contribution in [0.1, 0.15) is 11.3 Å². The maximum atomic E-state index is 9.50. The lowest BCUT2D eigenvalue weighted by Crippen LogP contribution is -2.53. The van der Waals surface area contributed by atoms with E-state index in [1.165, 1.54) is 4.88 Å². The number of aromatic nitrogens is 4. The summed E-state index contributed by atoms with van der Waals surface area (Å²) in [7, 11) is 0. The molecule has 0 spiro atoms. The number of nitrogens with one attached hydrogen (secondary N) is 1. The van der Waals surface area contributed by atoms with Gasteiger partial charge in [-0.05, 0) is 17.9 Å². The monoisotopic (exact) mass is 359 g/mol. The van der Waals surface area contributed by atoms with Gasteiger partial charge in [-0.3, -0.25) is 10.00 Å². The highest BCUT2D eigenvalue weighted by molar-refractivity contribution is 7.09. The molecule has 9 heteroatoms. The zero-order valence-corrected chi connectivity index (χ0v) is 14.6. The number of piperazine rings is 1. The van der Waals surface area contributed by atoms with Crippen LogP contribution in [0, 0.1) is 0 Å². The Bertz CT molecular complexity index is 834. The number of aliphatic hydroxyl groups is 1. The minimum atomic E-state index is 0.173. The van der Waals surface area contributed by atoms with Crippen LogP contribution >= 0.6 is 11.3 Å². The average molecular weight is 359 g/mol. The molecule has 4 rings (SSSR count). The van der Waals surface area contributed by atoms with Crippen LogP contribution in [0.3, 0.4) is 0 Å². The normalized spacial score (nSPS) is 18.9. The van der Waals surface area contributed by atoms with Gasteiger partial charge in [-0.2, -0.15) is 15.1 Å². The molecule has 3 aromatic rings. The first kappa shape index (κ1) is 16.2. The SMILES string of the molecule is Nc1nc(N2CCN(Cc3cccs3)[C@@H](CCO)C2)c2cn[nH]c2n1. The number of nitrogens with two attached hydrogens (primary N) is 1. The Morgan fingerprint density at radius 3 is 3.08 bits per heavy atom. The Morgan fingerprint density at radius 2 is 2.28 bits per heavy atom. The fourth-order valence-corrected chi connectivity index (χ4v) is 4.13. The second-order valence-electron chi connectivity index (χ2n) is 6.20. The zero-order chi connectivity index (χ0) is 17.2. The largest absolute Gasteiger partial charge is 0.396 e. The van der Waals surface area contributed by atoms with E-state index in [1.807, 2.05) is 0 Å². The van der Waals surface area contributed by atoms with E-state index in [0.29, 0.717) is 5.65 Å². The summed E-state index contributed by atoms with van der Waals surface area (Å²) >= 11 is 1.77. The van der Waals surface area contributed by atoms with E-state index in [2.05, 4.69) is 47.5 Å². The molecule has 1 aliphatic rings. The zero-order valence-electron chi connectivity index (χ0n) is 13.8. The van der Waals surface area contributed by atoms with Gasteiger partial charge in [-0.15, -0.1) is 11.3 Å². The van der Waals surface area contributed by atoms with Crippen molar-refractivity contribution in [3.05, 3.63) is 28.6 Å². The molecule has 4 heterocycles. The van der Waals surface area contributed by atoms with Crippen LogP contribution in [-0.4, -0.2) is 62.5 Å². The summed E-state index contributed by atoms with van der Waals surface area (Å²) in [6.07, 6.45) is 2.47. The van der Waals surface area contributed by atoms with Crippen LogP contribution in [0.4, 0.5) is 11.8 Å². The molecule has 1 atom stereocenters. The molecule has 0 aromatic carbocycles. The highest BCUT2D eigenvalue weighted by Crippen LogP contribution is 2.27. The predicted molar refractivity (Wildman–Crippen MR) is 98.5 cm³/mol. The molecule has 0 saturated carbocycles. The van der Waals surface area contributed by atoms with Gasteiger partial charge in [0, 0.05) is 43.7 Å². The summed E-state index contributed by atoms with van der Waals surface area (Å²) in [5.74, 6) is 1.06. The average Bonchev–Trinajstić information content (AvgIpc) is 3.27. The topological polar surface area (TPSA) is 107 Å². The summed E-state index contributed by atoms with van der Waals surface area (Å²) in [5.41, 5.74) is 6.51. The first-order chi connectivity index (χ1) is 12.2. The molecule has 132 valence electrons. The van der Waals surface area contributed by atoms with E-state index in [1.54, 1.807) is 17.5 Å². The fraction of sp³-hybridized carbons (Fsp3) is 0.438. The number of aliphatic hydroxyl groups excluding tert-OH is 1. The number of hydrogen-bond donors (Lipinski definition) is 3. The minimum absolute atomic E-state index is 0.173. The number of aromatic amines is 1. The standard InChI is InChI=1S/C16H21N7OS/c17-16-19-14-13(8-18-21-14)15(20-16)23-5-4-22(11(9-23)3-6-24)10-12-2-1-7-25-12/h1-2,7-8,11,24H,3-6,9-10H2,(H3,17,18,19,20,21)/t11-/m0/s1.